The van der Waals surface area contributed by atoms with Gasteiger partial charge in [-0.3, -0.25) is 4.68 Å². The Morgan fingerprint density at radius 3 is 2.94 bits per heavy atom. The summed E-state index contributed by atoms with van der Waals surface area (Å²) in [4.78, 5) is 6.79. The fourth-order valence-electron chi connectivity index (χ4n) is 5.28. The van der Waals surface area contributed by atoms with Gasteiger partial charge in [-0.05, 0) is 49.9 Å². The van der Waals surface area contributed by atoms with Crippen molar-refractivity contribution in [1.82, 2.24) is 34.4 Å². The summed E-state index contributed by atoms with van der Waals surface area (Å²) in [5.74, 6) is 3.25. The molecule has 1 aliphatic carbocycles. The molecule has 1 saturated carbocycles. The van der Waals surface area contributed by atoms with Gasteiger partial charge in [-0.1, -0.05) is 17.8 Å². The van der Waals surface area contributed by atoms with Crippen molar-refractivity contribution >= 4 is 35.1 Å². The van der Waals surface area contributed by atoms with Crippen LogP contribution in [-0.2, 0) is 19.5 Å². The quantitative estimate of drug-likeness (QED) is 0.290. The van der Waals surface area contributed by atoms with Crippen molar-refractivity contribution in [3.63, 3.8) is 0 Å². The Balaban J connectivity index is 0.00000228. The largest absolute Gasteiger partial charge is 0.440 e. The molecule has 1 aromatic carbocycles. The molecule has 0 amide bonds. The third-order valence-electron chi connectivity index (χ3n) is 7.17. The predicted molar refractivity (Wildman–Crippen MR) is 131 cm³/mol. The molecule has 3 aromatic heterocycles. The van der Waals surface area contributed by atoms with Gasteiger partial charge >= 0.3 is 0 Å². The Kier molecular flexibility index (Phi) is 5.74. The SMILES string of the molecule is Cc1ncoc1-c1nnc(SCCCN2C[C@H]3C[C@@]3(c3ccc4c(cnn4C)c3)C2)n1C.Cl. The predicted octanol–water partition coefficient (Wildman–Crippen LogP) is 3.84. The molecule has 2 fully saturated rings. The molecule has 1 saturated heterocycles. The lowest BCUT2D eigenvalue weighted by molar-refractivity contribution is 0.299. The zero-order chi connectivity index (χ0) is 21.9. The molecule has 1 aliphatic heterocycles. The summed E-state index contributed by atoms with van der Waals surface area (Å²) in [5, 5.41) is 15.2. The van der Waals surface area contributed by atoms with Gasteiger partial charge in [0.1, 0.15) is 0 Å². The van der Waals surface area contributed by atoms with Gasteiger partial charge < -0.3 is 13.9 Å². The van der Waals surface area contributed by atoms with Crippen LogP contribution in [0.3, 0.4) is 0 Å². The lowest BCUT2D eigenvalue weighted by atomic mass is 9.94. The van der Waals surface area contributed by atoms with E-state index in [1.807, 2.05) is 36.5 Å². The normalized spacial score (nSPS) is 22.0. The maximum Gasteiger partial charge on any atom is 0.202 e. The second-order valence-corrected chi connectivity index (χ2v) is 10.2. The van der Waals surface area contributed by atoms with Gasteiger partial charge in [0, 0.05) is 43.7 Å². The lowest BCUT2D eigenvalue weighted by Gasteiger charge is -2.21. The van der Waals surface area contributed by atoms with Crippen molar-refractivity contribution in [2.75, 3.05) is 25.4 Å². The van der Waals surface area contributed by atoms with Crippen LogP contribution in [0.2, 0.25) is 0 Å². The lowest BCUT2D eigenvalue weighted by Crippen LogP contribution is -2.27. The van der Waals surface area contributed by atoms with E-state index >= 15 is 0 Å². The van der Waals surface area contributed by atoms with Gasteiger partial charge in [0.2, 0.25) is 5.82 Å². The second-order valence-electron chi connectivity index (χ2n) is 9.17. The molecule has 0 N–H and O–H groups in total. The average Bonchev–Trinajstić information content (AvgIpc) is 3.21. The minimum Gasteiger partial charge on any atom is -0.440 e. The van der Waals surface area contributed by atoms with Crippen molar-refractivity contribution in [3.8, 4) is 11.6 Å². The highest BCUT2D eigenvalue weighted by Gasteiger charge is 2.60. The Hall–Kier alpha value is -2.36. The first-order valence-corrected chi connectivity index (χ1v) is 12.1. The number of hydrogen-bond acceptors (Lipinski definition) is 7. The number of rotatable bonds is 7. The Bertz CT molecular complexity index is 1300. The van der Waals surface area contributed by atoms with Crippen LogP contribution in [0.4, 0.5) is 0 Å². The number of aromatic nitrogens is 6. The number of aryl methyl sites for hydroxylation is 2. The first-order chi connectivity index (χ1) is 15.5. The van der Waals surface area contributed by atoms with Crippen LogP contribution in [0.25, 0.3) is 22.5 Å². The molecule has 2 atom stereocenters. The van der Waals surface area contributed by atoms with E-state index in [1.165, 1.54) is 42.4 Å². The molecule has 2 aliphatic rings. The molecular formula is C23H28ClN7OS. The van der Waals surface area contributed by atoms with Crippen LogP contribution in [0.1, 0.15) is 24.1 Å². The highest BCUT2D eigenvalue weighted by molar-refractivity contribution is 7.99. The molecule has 10 heteroatoms. The van der Waals surface area contributed by atoms with Gasteiger partial charge in [-0.2, -0.15) is 5.10 Å². The van der Waals surface area contributed by atoms with Gasteiger partial charge in [-0.25, -0.2) is 4.98 Å². The van der Waals surface area contributed by atoms with Crippen molar-refractivity contribution in [2.24, 2.45) is 20.0 Å². The second kappa shape index (κ2) is 8.45. The zero-order valence-electron chi connectivity index (χ0n) is 19.1. The van der Waals surface area contributed by atoms with Gasteiger partial charge in [0.25, 0.3) is 0 Å². The van der Waals surface area contributed by atoms with Crippen LogP contribution in [0.5, 0.6) is 0 Å². The first-order valence-electron chi connectivity index (χ1n) is 11.1. The standard InChI is InChI=1S/C23H27N7OS.ClH/c1-15-20(31-14-24-15)21-26-27-22(28(21)2)32-8-4-7-30-12-18-10-23(18,13-30)17-5-6-19-16(9-17)11-25-29(19)3;/h5-6,9,11,14,18H,4,7-8,10,12-13H2,1-3H3;1H/t18-,23+;/m1./s1. The Labute approximate surface area is 203 Å². The van der Waals surface area contributed by atoms with Crippen LogP contribution >= 0.6 is 24.2 Å². The number of likely N-dealkylation sites (tertiary alicyclic amines) is 1. The molecule has 8 nitrogen and oxygen atoms in total. The molecule has 0 spiro atoms. The fourth-order valence-corrected chi connectivity index (χ4v) is 6.12. The highest BCUT2D eigenvalue weighted by Crippen LogP contribution is 2.59. The van der Waals surface area contributed by atoms with Gasteiger partial charge in [-0.15, -0.1) is 22.6 Å². The van der Waals surface area contributed by atoms with Crippen LogP contribution in [0, 0.1) is 12.8 Å². The number of halogens is 1. The number of thioether (sulfide) groups is 1. The third kappa shape index (κ3) is 3.76. The molecule has 6 rings (SSSR count). The number of piperidine rings is 1. The van der Waals surface area contributed by atoms with E-state index in [9.17, 15) is 0 Å². The Morgan fingerprint density at radius 1 is 1.24 bits per heavy atom. The first kappa shape index (κ1) is 22.4. The number of oxazole rings is 1. The topological polar surface area (TPSA) is 77.8 Å². The average molecular weight is 486 g/mol. The number of nitrogens with zero attached hydrogens (tertiary/aromatic N) is 7. The molecule has 4 heterocycles. The van der Waals surface area contributed by atoms with Crippen molar-refractivity contribution in [1.29, 1.82) is 0 Å². The van der Waals surface area contributed by atoms with E-state index < -0.39 is 0 Å². The fraction of sp³-hybridized carbons (Fsp3) is 0.478. The molecule has 174 valence electrons. The Morgan fingerprint density at radius 2 is 2.12 bits per heavy atom. The van der Waals surface area contributed by atoms with Crippen LogP contribution < -0.4 is 0 Å². The monoisotopic (exact) mass is 485 g/mol. The van der Waals surface area contributed by atoms with E-state index in [-0.39, 0.29) is 12.4 Å². The number of benzene rings is 1. The van der Waals surface area contributed by atoms with E-state index in [0.717, 1.165) is 41.3 Å². The summed E-state index contributed by atoms with van der Waals surface area (Å²) < 4.78 is 9.41. The van der Waals surface area contributed by atoms with Crippen molar-refractivity contribution < 1.29 is 4.42 Å². The zero-order valence-corrected chi connectivity index (χ0v) is 20.7. The van der Waals surface area contributed by atoms with E-state index in [2.05, 4.69) is 43.4 Å². The third-order valence-corrected chi connectivity index (χ3v) is 8.28. The number of hydrogen-bond donors (Lipinski definition) is 0. The minimum absolute atomic E-state index is 0. The summed E-state index contributed by atoms with van der Waals surface area (Å²) in [5.41, 5.74) is 3.90. The number of fused-ring (bicyclic) bond motifs is 2. The molecule has 0 unspecified atom stereocenters. The van der Waals surface area contributed by atoms with E-state index in [1.54, 1.807) is 11.8 Å². The summed E-state index contributed by atoms with van der Waals surface area (Å²) in [7, 11) is 3.99. The summed E-state index contributed by atoms with van der Waals surface area (Å²) >= 11 is 1.76. The maximum absolute atomic E-state index is 5.47. The molecular weight excluding hydrogens is 458 g/mol. The molecule has 0 bridgehead atoms. The van der Waals surface area contributed by atoms with E-state index in [4.69, 9.17) is 4.42 Å². The molecule has 0 radical (unpaired) electrons. The van der Waals surface area contributed by atoms with Crippen LogP contribution in [0.15, 0.2) is 40.4 Å². The van der Waals surface area contributed by atoms with Gasteiger partial charge in [0.05, 0.1) is 17.4 Å². The van der Waals surface area contributed by atoms with Crippen molar-refractivity contribution in [2.45, 2.75) is 30.3 Å². The summed E-state index contributed by atoms with van der Waals surface area (Å²) in [6.45, 7) is 5.44. The molecule has 33 heavy (non-hydrogen) atoms. The van der Waals surface area contributed by atoms with Gasteiger partial charge in [0.15, 0.2) is 17.3 Å². The smallest absolute Gasteiger partial charge is 0.202 e. The highest BCUT2D eigenvalue weighted by atomic mass is 35.5. The summed E-state index contributed by atoms with van der Waals surface area (Å²) in [6.07, 6.45) is 5.90. The van der Waals surface area contributed by atoms with Crippen LogP contribution in [-0.4, -0.2) is 59.8 Å². The molecule has 4 aromatic rings. The van der Waals surface area contributed by atoms with E-state index in [0.29, 0.717) is 11.2 Å². The van der Waals surface area contributed by atoms with Crippen molar-refractivity contribution in [3.05, 3.63) is 42.0 Å². The minimum atomic E-state index is 0. The maximum atomic E-state index is 5.47. The summed E-state index contributed by atoms with van der Waals surface area (Å²) in [6, 6.07) is 6.92.